The molecule has 0 unspecified atom stereocenters. The smallest absolute Gasteiger partial charge is 0.234 e. The Hall–Kier alpha value is -2.05. The zero-order valence-electron chi connectivity index (χ0n) is 13.9. The number of thioether (sulfide) groups is 1. The van der Waals surface area contributed by atoms with Crippen molar-refractivity contribution in [1.29, 1.82) is 0 Å². The summed E-state index contributed by atoms with van der Waals surface area (Å²) in [5.41, 5.74) is 2.53. The van der Waals surface area contributed by atoms with Crippen LogP contribution in [0.4, 0.5) is 15.8 Å². The van der Waals surface area contributed by atoms with Crippen molar-refractivity contribution in [3.8, 4) is 0 Å². The quantitative estimate of drug-likeness (QED) is 0.856. The monoisotopic (exact) mass is 360 g/mol. The average Bonchev–Trinajstić information content (AvgIpc) is 2.65. The van der Waals surface area contributed by atoms with Crippen molar-refractivity contribution >= 4 is 29.0 Å². The lowest BCUT2D eigenvalue weighted by Crippen LogP contribution is -2.36. The van der Waals surface area contributed by atoms with Gasteiger partial charge in [0.25, 0.3) is 0 Å². The highest BCUT2D eigenvalue weighted by molar-refractivity contribution is 7.99. The third kappa shape index (κ3) is 5.21. The van der Waals surface area contributed by atoms with Gasteiger partial charge in [-0.15, -0.1) is 11.8 Å². The molecule has 0 aromatic heterocycles. The Labute approximate surface area is 151 Å². The van der Waals surface area contributed by atoms with Gasteiger partial charge in [0.05, 0.1) is 19.0 Å². The third-order valence-corrected chi connectivity index (χ3v) is 4.96. The van der Waals surface area contributed by atoms with Crippen LogP contribution in [-0.4, -0.2) is 38.0 Å². The Balaban J connectivity index is 1.45. The molecule has 1 fully saturated rings. The highest BCUT2D eigenvalue weighted by atomic mass is 32.2. The largest absolute Gasteiger partial charge is 0.378 e. The second kappa shape index (κ2) is 8.87. The summed E-state index contributed by atoms with van der Waals surface area (Å²) in [4.78, 5) is 14.3. The van der Waals surface area contributed by atoms with E-state index >= 15 is 0 Å². The summed E-state index contributed by atoms with van der Waals surface area (Å²) in [6.45, 7) is 3.27. The highest BCUT2D eigenvalue weighted by Gasteiger charge is 2.11. The number of amides is 1. The molecule has 0 aliphatic carbocycles. The molecule has 1 N–H and O–H groups in total. The van der Waals surface area contributed by atoms with Crippen molar-refractivity contribution in [2.75, 3.05) is 42.3 Å². The van der Waals surface area contributed by atoms with Crippen LogP contribution >= 0.6 is 11.8 Å². The van der Waals surface area contributed by atoms with Crippen molar-refractivity contribution in [3.63, 3.8) is 0 Å². The number of morpholine rings is 1. The third-order valence-electron chi connectivity index (χ3n) is 3.98. The lowest BCUT2D eigenvalue weighted by molar-refractivity contribution is -0.113. The molecular formula is C19H21FN2O2S. The number of carbonyl (C=O) groups excluding carboxylic acids is 1. The molecule has 0 saturated carbocycles. The van der Waals surface area contributed by atoms with Crippen molar-refractivity contribution in [1.82, 2.24) is 0 Å². The van der Waals surface area contributed by atoms with E-state index < -0.39 is 0 Å². The normalized spacial score (nSPS) is 14.4. The number of hydrogen-bond donors (Lipinski definition) is 1. The molecule has 4 nitrogen and oxygen atoms in total. The summed E-state index contributed by atoms with van der Waals surface area (Å²) < 4.78 is 18.9. The lowest BCUT2D eigenvalue weighted by Gasteiger charge is -2.28. The topological polar surface area (TPSA) is 41.6 Å². The fourth-order valence-corrected chi connectivity index (χ4v) is 3.46. The maximum Gasteiger partial charge on any atom is 0.234 e. The number of hydrogen-bond acceptors (Lipinski definition) is 4. The van der Waals surface area contributed by atoms with Crippen LogP contribution in [0, 0.1) is 5.82 Å². The summed E-state index contributed by atoms with van der Waals surface area (Å²) in [5, 5.41) is 2.88. The minimum Gasteiger partial charge on any atom is -0.378 e. The minimum absolute atomic E-state index is 0.0829. The Kier molecular flexibility index (Phi) is 6.30. The number of halogens is 1. The van der Waals surface area contributed by atoms with E-state index in [1.807, 2.05) is 24.3 Å². The van der Waals surface area contributed by atoms with Gasteiger partial charge in [-0.1, -0.05) is 18.2 Å². The number of ether oxygens (including phenoxy) is 1. The Morgan fingerprint density at radius 2 is 1.84 bits per heavy atom. The molecule has 1 amide bonds. The fraction of sp³-hybridized carbons (Fsp3) is 0.316. The molecule has 2 aromatic rings. The SMILES string of the molecule is O=C(CSCc1ccccc1F)Nc1ccc(N2CCOCC2)cc1. The highest BCUT2D eigenvalue weighted by Crippen LogP contribution is 2.20. The summed E-state index contributed by atoms with van der Waals surface area (Å²) in [6, 6.07) is 14.5. The molecule has 0 atom stereocenters. The first-order valence-corrected chi connectivity index (χ1v) is 9.41. The predicted molar refractivity (Wildman–Crippen MR) is 101 cm³/mol. The summed E-state index contributed by atoms with van der Waals surface area (Å²) in [6.07, 6.45) is 0. The van der Waals surface area contributed by atoms with Crippen LogP contribution in [0.3, 0.4) is 0 Å². The maximum atomic E-state index is 13.5. The van der Waals surface area contributed by atoms with Crippen LogP contribution in [0.2, 0.25) is 0 Å². The zero-order chi connectivity index (χ0) is 17.5. The van der Waals surface area contributed by atoms with Crippen LogP contribution in [0.5, 0.6) is 0 Å². The lowest BCUT2D eigenvalue weighted by atomic mass is 10.2. The van der Waals surface area contributed by atoms with E-state index in [1.54, 1.807) is 18.2 Å². The predicted octanol–water partition coefficient (Wildman–Crippen LogP) is 3.53. The van der Waals surface area contributed by atoms with E-state index in [9.17, 15) is 9.18 Å². The van der Waals surface area contributed by atoms with Crippen LogP contribution in [0.1, 0.15) is 5.56 Å². The van der Waals surface area contributed by atoms with E-state index in [0.29, 0.717) is 17.1 Å². The van der Waals surface area contributed by atoms with Gasteiger partial charge in [-0.2, -0.15) is 0 Å². The number of benzene rings is 2. The van der Waals surface area contributed by atoms with E-state index in [1.165, 1.54) is 17.8 Å². The summed E-state index contributed by atoms with van der Waals surface area (Å²) in [7, 11) is 0. The van der Waals surface area contributed by atoms with E-state index in [0.717, 1.165) is 37.7 Å². The molecule has 132 valence electrons. The van der Waals surface area contributed by atoms with Gasteiger partial charge in [0.15, 0.2) is 0 Å². The number of anilines is 2. The molecule has 1 saturated heterocycles. The second-order valence-electron chi connectivity index (χ2n) is 5.78. The first-order valence-electron chi connectivity index (χ1n) is 8.26. The van der Waals surface area contributed by atoms with Gasteiger partial charge < -0.3 is 15.0 Å². The van der Waals surface area contributed by atoms with Gasteiger partial charge in [-0.3, -0.25) is 4.79 Å². The van der Waals surface area contributed by atoms with E-state index in [2.05, 4.69) is 10.2 Å². The molecule has 1 aliphatic heterocycles. The van der Waals surface area contributed by atoms with E-state index in [4.69, 9.17) is 4.74 Å². The van der Waals surface area contributed by atoms with Gasteiger partial charge in [0, 0.05) is 30.2 Å². The maximum absolute atomic E-state index is 13.5. The number of rotatable bonds is 6. The molecule has 6 heteroatoms. The van der Waals surface area contributed by atoms with Gasteiger partial charge in [-0.25, -0.2) is 4.39 Å². The Morgan fingerprint density at radius 3 is 2.56 bits per heavy atom. The molecule has 1 heterocycles. The van der Waals surface area contributed by atoms with Gasteiger partial charge in [0.1, 0.15) is 5.82 Å². The molecule has 0 radical (unpaired) electrons. The minimum atomic E-state index is -0.228. The van der Waals surface area contributed by atoms with E-state index in [-0.39, 0.29) is 11.7 Å². The molecular weight excluding hydrogens is 339 g/mol. The standard InChI is InChI=1S/C19H21FN2O2S/c20-18-4-2-1-3-15(18)13-25-14-19(23)21-16-5-7-17(8-6-16)22-9-11-24-12-10-22/h1-8H,9-14H2,(H,21,23). The van der Waals surface area contributed by atoms with Crippen molar-refractivity contribution < 1.29 is 13.9 Å². The molecule has 3 rings (SSSR count). The Morgan fingerprint density at radius 1 is 1.12 bits per heavy atom. The summed E-state index contributed by atoms with van der Waals surface area (Å²) >= 11 is 1.40. The number of nitrogens with one attached hydrogen (secondary N) is 1. The summed E-state index contributed by atoms with van der Waals surface area (Å²) in [5.74, 6) is 0.463. The molecule has 0 spiro atoms. The average molecular weight is 360 g/mol. The molecule has 2 aromatic carbocycles. The number of carbonyl (C=O) groups is 1. The molecule has 0 bridgehead atoms. The van der Waals surface area contributed by atoms with Crippen LogP contribution in [0.25, 0.3) is 0 Å². The van der Waals surface area contributed by atoms with Crippen LogP contribution in [-0.2, 0) is 15.3 Å². The zero-order valence-corrected chi connectivity index (χ0v) is 14.7. The first kappa shape index (κ1) is 17.8. The van der Waals surface area contributed by atoms with Crippen molar-refractivity contribution in [2.45, 2.75) is 5.75 Å². The van der Waals surface area contributed by atoms with Gasteiger partial charge in [0.2, 0.25) is 5.91 Å². The van der Waals surface area contributed by atoms with Gasteiger partial charge >= 0.3 is 0 Å². The van der Waals surface area contributed by atoms with Crippen molar-refractivity contribution in [2.24, 2.45) is 0 Å². The Bertz CT molecular complexity index is 703. The van der Waals surface area contributed by atoms with Crippen LogP contribution < -0.4 is 10.2 Å². The van der Waals surface area contributed by atoms with Crippen molar-refractivity contribution in [3.05, 3.63) is 59.9 Å². The van der Waals surface area contributed by atoms with Crippen LogP contribution in [0.15, 0.2) is 48.5 Å². The first-order chi connectivity index (χ1) is 12.2. The molecule has 25 heavy (non-hydrogen) atoms. The second-order valence-corrected chi connectivity index (χ2v) is 6.76. The number of nitrogens with zero attached hydrogens (tertiary/aromatic N) is 1. The molecule has 1 aliphatic rings. The van der Waals surface area contributed by atoms with Gasteiger partial charge in [-0.05, 0) is 35.9 Å². The fourth-order valence-electron chi connectivity index (χ4n) is 2.64.